The lowest BCUT2D eigenvalue weighted by molar-refractivity contribution is -0.166. The Morgan fingerprint density at radius 1 is 0.304 bits per heavy atom. The first-order valence-electron chi connectivity index (χ1n) is 27.7. The molecule has 0 fully saturated rings. The highest BCUT2D eigenvalue weighted by molar-refractivity contribution is 5.71. The van der Waals surface area contributed by atoms with Gasteiger partial charge in [-0.3, -0.25) is 14.4 Å². The molecule has 0 amide bonds. The Bertz CT molecular complexity index is 1510. The van der Waals surface area contributed by atoms with Crippen LogP contribution in [0.1, 0.15) is 226 Å². The quantitative estimate of drug-likeness (QED) is 0.0262. The number of esters is 3. The number of carbonyl (C=O) groups is 3. The Morgan fingerprint density at radius 3 is 1.01 bits per heavy atom. The highest BCUT2D eigenvalue weighted by Crippen LogP contribution is 2.13. The number of rotatable bonds is 48. The zero-order chi connectivity index (χ0) is 50.0. The molecule has 0 heterocycles. The van der Waals surface area contributed by atoms with Crippen LogP contribution < -0.4 is 0 Å². The van der Waals surface area contributed by atoms with E-state index in [0.29, 0.717) is 19.3 Å². The monoisotopic (exact) mass is 953 g/mol. The van der Waals surface area contributed by atoms with Crippen LogP contribution in [0, 0.1) is 0 Å². The summed E-state index contributed by atoms with van der Waals surface area (Å²) in [5.74, 6) is -1.06. The third-order valence-corrected chi connectivity index (χ3v) is 11.1. The molecular formula is C63H100O6. The van der Waals surface area contributed by atoms with Crippen LogP contribution in [0.25, 0.3) is 0 Å². The molecule has 388 valence electrons. The summed E-state index contributed by atoms with van der Waals surface area (Å²) in [6, 6.07) is 0. The van der Waals surface area contributed by atoms with Crippen molar-refractivity contribution in [1.82, 2.24) is 0 Å². The van der Waals surface area contributed by atoms with Gasteiger partial charge in [0, 0.05) is 19.3 Å². The fraction of sp³-hybridized carbons (Fsp3) is 0.603. The second-order valence-electron chi connectivity index (χ2n) is 17.7. The summed E-state index contributed by atoms with van der Waals surface area (Å²) < 4.78 is 16.7. The molecule has 0 aliphatic rings. The molecule has 6 nitrogen and oxygen atoms in total. The molecule has 0 aromatic carbocycles. The average molecular weight is 953 g/mol. The molecule has 0 aromatic heterocycles. The van der Waals surface area contributed by atoms with Crippen LogP contribution in [0.2, 0.25) is 0 Å². The highest BCUT2D eigenvalue weighted by atomic mass is 16.6. The van der Waals surface area contributed by atoms with Crippen molar-refractivity contribution in [2.75, 3.05) is 13.2 Å². The molecule has 0 rings (SSSR count). The first-order chi connectivity index (χ1) is 34.0. The number of ether oxygens (including phenoxy) is 3. The van der Waals surface area contributed by atoms with E-state index in [1.165, 1.54) is 77.0 Å². The maximum atomic E-state index is 12.8. The number of hydrogen-bond acceptors (Lipinski definition) is 6. The maximum Gasteiger partial charge on any atom is 0.306 e. The lowest BCUT2D eigenvalue weighted by Crippen LogP contribution is -2.30. The van der Waals surface area contributed by atoms with Crippen LogP contribution in [0.15, 0.2) is 134 Å². The summed E-state index contributed by atoms with van der Waals surface area (Å²) in [7, 11) is 0. The van der Waals surface area contributed by atoms with Crippen LogP contribution >= 0.6 is 0 Å². The van der Waals surface area contributed by atoms with Crippen molar-refractivity contribution < 1.29 is 28.6 Å². The Balaban J connectivity index is 4.58. The number of hydrogen-bond donors (Lipinski definition) is 0. The minimum Gasteiger partial charge on any atom is -0.462 e. The number of unbranched alkanes of at least 4 members (excludes halogenated alkanes) is 15. The normalized spacial score (nSPS) is 13.1. The van der Waals surface area contributed by atoms with Crippen molar-refractivity contribution in [3.63, 3.8) is 0 Å². The summed E-state index contributed by atoms with van der Waals surface area (Å²) in [5.41, 5.74) is 0. The van der Waals surface area contributed by atoms with Gasteiger partial charge in [0.2, 0.25) is 0 Å². The molecule has 6 heteroatoms. The van der Waals surface area contributed by atoms with E-state index in [1.54, 1.807) is 0 Å². The van der Waals surface area contributed by atoms with Gasteiger partial charge >= 0.3 is 17.9 Å². The number of allylic oxidation sites excluding steroid dienone is 22. The van der Waals surface area contributed by atoms with Gasteiger partial charge in [0.25, 0.3) is 0 Å². The lowest BCUT2D eigenvalue weighted by Gasteiger charge is -2.18. The smallest absolute Gasteiger partial charge is 0.306 e. The molecule has 0 N–H and O–H groups in total. The first-order valence-corrected chi connectivity index (χ1v) is 27.7. The van der Waals surface area contributed by atoms with Gasteiger partial charge in [-0.1, -0.05) is 219 Å². The average Bonchev–Trinajstić information content (AvgIpc) is 3.35. The van der Waals surface area contributed by atoms with E-state index in [1.807, 2.05) is 12.2 Å². The predicted octanol–water partition coefficient (Wildman–Crippen LogP) is 18.6. The molecule has 0 aromatic rings. The predicted molar refractivity (Wildman–Crippen MR) is 297 cm³/mol. The van der Waals surface area contributed by atoms with Gasteiger partial charge in [-0.05, 0) is 122 Å². The molecule has 69 heavy (non-hydrogen) atoms. The van der Waals surface area contributed by atoms with Crippen molar-refractivity contribution >= 4 is 17.9 Å². The Hall–Kier alpha value is -4.45. The topological polar surface area (TPSA) is 78.9 Å². The van der Waals surface area contributed by atoms with Crippen molar-refractivity contribution in [2.45, 2.75) is 232 Å². The molecule has 0 bridgehead atoms. The highest BCUT2D eigenvalue weighted by Gasteiger charge is 2.19. The van der Waals surface area contributed by atoms with E-state index in [2.05, 4.69) is 142 Å². The van der Waals surface area contributed by atoms with Gasteiger partial charge in [-0.25, -0.2) is 0 Å². The van der Waals surface area contributed by atoms with Crippen LogP contribution in [-0.4, -0.2) is 37.2 Å². The molecule has 0 radical (unpaired) electrons. The zero-order valence-electron chi connectivity index (χ0n) is 44.3. The standard InChI is InChI=1S/C63H100O6/c1-4-7-10-13-16-19-22-25-28-30-31-33-35-38-41-44-47-50-53-56-62(65)68-59-60(58-67-61(64)55-52-49-46-43-40-37-34-27-24-21-18-15-12-9-6-3)69-63(66)57-54-51-48-45-42-39-36-32-29-26-23-20-17-14-11-8-5-2/h7,9-10,12,16,18-19,21,25-29,31,33-34,38,40-41,43,47,50,60H,4-6,8,11,13-15,17,20,22-24,30,32,35-37,39,42,44-46,48-49,51-59H2,1-3H3/b10-7-,12-9-,19-16-,21-18-,28-25-,29-26-,33-31-,34-27-,41-38-,43-40-,50-47-/t60-/m0/s1. The second kappa shape index (κ2) is 56.1. The van der Waals surface area contributed by atoms with Gasteiger partial charge in [-0.2, -0.15) is 0 Å². The zero-order valence-corrected chi connectivity index (χ0v) is 44.3. The molecular weight excluding hydrogens is 853 g/mol. The summed E-state index contributed by atoms with van der Waals surface area (Å²) in [4.78, 5) is 38.1. The van der Waals surface area contributed by atoms with Gasteiger partial charge in [0.05, 0.1) is 0 Å². The third-order valence-electron chi connectivity index (χ3n) is 11.1. The fourth-order valence-electron chi connectivity index (χ4n) is 7.04. The van der Waals surface area contributed by atoms with Crippen LogP contribution in [-0.2, 0) is 28.6 Å². The van der Waals surface area contributed by atoms with Gasteiger partial charge in [0.15, 0.2) is 6.10 Å². The molecule has 0 unspecified atom stereocenters. The minimum absolute atomic E-state index is 0.129. The molecule has 0 saturated carbocycles. The molecule has 1 atom stereocenters. The van der Waals surface area contributed by atoms with E-state index < -0.39 is 6.10 Å². The molecule has 0 saturated heterocycles. The van der Waals surface area contributed by atoms with Crippen LogP contribution in [0.4, 0.5) is 0 Å². The Labute approximate surface area is 424 Å². The van der Waals surface area contributed by atoms with E-state index >= 15 is 0 Å². The third kappa shape index (κ3) is 54.4. The van der Waals surface area contributed by atoms with Crippen molar-refractivity contribution in [2.24, 2.45) is 0 Å². The molecule has 0 spiro atoms. The van der Waals surface area contributed by atoms with E-state index in [4.69, 9.17) is 14.2 Å². The van der Waals surface area contributed by atoms with Crippen LogP contribution in [0.3, 0.4) is 0 Å². The van der Waals surface area contributed by atoms with Gasteiger partial charge in [-0.15, -0.1) is 0 Å². The maximum absolute atomic E-state index is 12.8. The minimum atomic E-state index is -0.833. The van der Waals surface area contributed by atoms with Gasteiger partial charge in [0.1, 0.15) is 13.2 Å². The number of carbonyl (C=O) groups excluding carboxylic acids is 3. The molecule has 0 aliphatic carbocycles. The Morgan fingerprint density at radius 2 is 0.594 bits per heavy atom. The summed E-state index contributed by atoms with van der Waals surface area (Å²) in [5, 5.41) is 0. The van der Waals surface area contributed by atoms with Crippen LogP contribution in [0.5, 0.6) is 0 Å². The summed E-state index contributed by atoms with van der Waals surface area (Å²) in [6.07, 6.45) is 78.8. The lowest BCUT2D eigenvalue weighted by atomic mass is 10.1. The largest absolute Gasteiger partial charge is 0.462 e. The van der Waals surface area contributed by atoms with E-state index in [0.717, 1.165) is 96.3 Å². The van der Waals surface area contributed by atoms with Gasteiger partial charge < -0.3 is 14.2 Å². The van der Waals surface area contributed by atoms with E-state index in [-0.39, 0.29) is 44.0 Å². The second-order valence-corrected chi connectivity index (χ2v) is 17.7. The molecule has 0 aliphatic heterocycles. The fourth-order valence-corrected chi connectivity index (χ4v) is 7.04. The summed E-state index contributed by atoms with van der Waals surface area (Å²) in [6.45, 7) is 6.29. The van der Waals surface area contributed by atoms with Crippen molar-refractivity contribution in [1.29, 1.82) is 0 Å². The summed E-state index contributed by atoms with van der Waals surface area (Å²) >= 11 is 0. The van der Waals surface area contributed by atoms with E-state index in [9.17, 15) is 14.4 Å². The SMILES string of the molecule is CC/C=C\C/C=C\C/C=C\C/C=C\C/C=C\C/C=C\CCC(=O)OC[C@H](COC(=O)CCCC/C=C\C/C=C\C/C=C\C/C=C\CC)OC(=O)CCCCCCCCC/C=C\CCCCCCCC. The first kappa shape index (κ1) is 64.5. The van der Waals surface area contributed by atoms with Crippen molar-refractivity contribution in [3.05, 3.63) is 134 Å². The van der Waals surface area contributed by atoms with Crippen molar-refractivity contribution in [3.8, 4) is 0 Å². The Kier molecular flexibility index (Phi) is 52.5.